The third kappa shape index (κ3) is 4.07. The summed E-state index contributed by atoms with van der Waals surface area (Å²) in [5.41, 5.74) is 6.72. The van der Waals surface area contributed by atoms with Gasteiger partial charge in [-0.25, -0.2) is 4.79 Å². The van der Waals surface area contributed by atoms with E-state index in [1.54, 1.807) is 36.4 Å². The maximum Gasteiger partial charge on any atom is 0.344 e. The summed E-state index contributed by atoms with van der Waals surface area (Å²) < 4.78 is 11.6. The molecule has 1 heterocycles. The van der Waals surface area contributed by atoms with E-state index in [0.717, 1.165) is 15.3 Å². The molecule has 0 aromatic heterocycles. The zero-order chi connectivity index (χ0) is 18.7. The number of amidine groups is 1. The lowest BCUT2D eigenvalue weighted by Gasteiger charge is -2.11. The van der Waals surface area contributed by atoms with Crippen LogP contribution >= 0.6 is 34.4 Å². The van der Waals surface area contributed by atoms with Crippen LogP contribution in [0.15, 0.2) is 52.4 Å². The number of amides is 1. The lowest BCUT2D eigenvalue weighted by molar-refractivity contribution is -0.113. The van der Waals surface area contributed by atoms with Crippen molar-refractivity contribution in [2.45, 2.75) is 0 Å². The Hall–Kier alpha value is -2.33. The van der Waals surface area contributed by atoms with Gasteiger partial charge in [0.2, 0.25) is 0 Å². The van der Waals surface area contributed by atoms with Crippen molar-refractivity contribution in [1.29, 1.82) is 0 Å². The Morgan fingerprint density at radius 1 is 1.23 bits per heavy atom. The van der Waals surface area contributed by atoms with Crippen molar-refractivity contribution in [3.05, 3.63) is 62.1 Å². The first-order valence-corrected chi connectivity index (χ1v) is 9.30. The molecule has 0 bridgehead atoms. The monoisotopic (exact) mass is 480 g/mol. The molecular weight excluding hydrogens is 467 g/mol. The lowest BCUT2D eigenvalue weighted by Crippen LogP contribution is -2.10. The smallest absolute Gasteiger partial charge is 0.344 e. The third-order valence-corrected chi connectivity index (χ3v) is 5.17. The number of methoxy groups -OCH3 is 1. The second kappa shape index (κ2) is 7.92. The summed E-state index contributed by atoms with van der Waals surface area (Å²) in [5, 5.41) is 0.219. The minimum absolute atomic E-state index is 0.219. The second-order valence-corrected chi connectivity index (χ2v) is 7.37. The van der Waals surface area contributed by atoms with Crippen LogP contribution in [0, 0.1) is 3.57 Å². The maximum absolute atomic E-state index is 12.4. The summed E-state index contributed by atoms with van der Waals surface area (Å²) in [6, 6.07) is 12.2. The van der Waals surface area contributed by atoms with Crippen molar-refractivity contribution in [2.75, 3.05) is 7.11 Å². The minimum atomic E-state index is -0.470. The molecule has 0 saturated carbocycles. The zero-order valence-corrected chi connectivity index (χ0v) is 16.5. The van der Waals surface area contributed by atoms with Crippen molar-refractivity contribution in [3.63, 3.8) is 0 Å². The number of carbonyl (C=O) groups is 2. The van der Waals surface area contributed by atoms with Crippen LogP contribution in [0.3, 0.4) is 0 Å². The number of benzene rings is 2. The van der Waals surface area contributed by atoms with Crippen LogP contribution in [0.2, 0.25) is 0 Å². The van der Waals surface area contributed by atoms with E-state index < -0.39 is 5.97 Å². The first-order chi connectivity index (χ1) is 12.5. The average molecular weight is 480 g/mol. The molecule has 132 valence electrons. The highest BCUT2D eigenvalue weighted by atomic mass is 127. The zero-order valence-electron chi connectivity index (χ0n) is 13.6. The molecule has 8 heteroatoms. The Balaban J connectivity index is 1.84. The molecule has 2 aromatic rings. The SMILES string of the molecule is COc1cc(/C=C2\SC(N)=NC2=O)ccc1OC(=O)c1ccccc1I. The number of carbonyl (C=O) groups excluding carboxylic acids is 2. The highest BCUT2D eigenvalue weighted by Gasteiger charge is 2.20. The molecule has 3 rings (SSSR count). The number of aliphatic imine (C=N–C) groups is 1. The number of thioether (sulfide) groups is 1. The fourth-order valence-electron chi connectivity index (χ4n) is 2.22. The fraction of sp³-hybridized carbons (Fsp3) is 0.0556. The number of ether oxygens (including phenoxy) is 2. The van der Waals surface area contributed by atoms with Crippen molar-refractivity contribution in [3.8, 4) is 11.5 Å². The van der Waals surface area contributed by atoms with Gasteiger partial charge in [-0.05, 0) is 70.3 Å². The Bertz CT molecular complexity index is 956. The predicted molar refractivity (Wildman–Crippen MR) is 109 cm³/mol. The van der Waals surface area contributed by atoms with Crippen molar-refractivity contribution < 1.29 is 19.1 Å². The van der Waals surface area contributed by atoms with Gasteiger partial charge in [-0.1, -0.05) is 18.2 Å². The molecule has 0 radical (unpaired) electrons. The van der Waals surface area contributed by atoms with Gasteiger partial charge in [0.1, 0.15) is 0 Å². The van der Waals surface area contributed by atoms with Gasteiger partial charge in [-0.2, -0.15) is 4.99 Å². The molecular formula is C18H13IN2O4S. The highest BCUT2D eigenvalue weighted by molar-refractivity contribution is 14.1. The Labute approximate surface area is 167 Å². The molecule has 0 aliphatic carbocycles. The largest absolute Gasteiger partial charge is 0.493 e. The van der Waals surface area contributed by atoms with Crippen LogP contribution in [0.4, 0.5) is 0 Å². The van der Waals surface area contributed by atoms with Crippen molar-refractivity contribution in [2.24, 2.45) is 10.7 Å². The van der Waals surface area contributed by atoms with Gasteiger partial charge in [-0.3, -0.25) is 4.79 Å². The van der Waals surface area contributed by atoms with Crippen LogP contribution in [0.25, 0.3) is 6.08 Å². The minimum Gasteiger partial charge on any atom is -0.493 e. The Morgan fingerprint density at radius 3 is 2.65 bits per heavy atom. The summed E-state index contributed by atoms with van der Waals surface area (Å²) in [5.74, 6) is -0.175. The third-order valence-electron chi connectivity index (χ3n) is 3.42. The van der Waals surface area contributed by atoms with Crippen LogP contribution in [-0.2, 0) is 4.79 Å². The molecule has 0 unspecified atom stereocenters. The van der Waals surface area contributed by atoms with Crippen LogP contribution in [0.5, 0.6) is 11.5 Å². The number of rotatable bonds is 4. The average Bonchev–Trinajstić information content (AvgIpc) is 2.93. The van der Waals surface area contributed by atoms with Gasteiger partial charge in [-0.15, -0.1) is 0 Å². The molecule has 1 amide bonds. The number of esters is 1. The first-order valence-electron chi connectivity index (χ1n) is 7.40. The molecule has 2 aromatic carbocycles. The number of hydrogen-bond donors (Lipinski definition) is 1. The van der Waals surface area contributed by atoms with E-state index in [-0.39, 0.29) is 11.1 Å². The van der Waals surface area contributed by atoms with E-state index in [9.17, 15) is 9.59 Å². The van der Waals surface area contributed by atoms with Gasteiger partial charge in [0.25, 0.3) is 5.91 Å². The molecule has 0 atom stereocenters. The summed E-state index contributed by atoms with van der Waals surface area (Å²) in [7, 11) is 1.48. The van der Waals surface area contributed by atoms with E-state index in [4.69, 9.17) is 15.2 Å². The fourth-order valence-corrected chi connectivity index (χ4v) is 3.51. The van der Waals surface area contributed by atoms with Gasteiger partial charge in [0, 0.05) is 3.57 Å². The number of nitrogens with two attached hydrogens (primary N) is 1. The van der Waals surface area contributed by atoms with Gasteiger partial charge in [0.05, 0.1) is 17.6 Å². The summed E-state index contributed by atoms with van der Waals surface area (Å²) in [6.45, 7) is 0. The molecule has 1 aliphatic heterocycles. The topological polar surface area (TPSA) is 91.0 Å². The molecule has 0 spiro atoms. The van der Waals surface area contributed by atoms with Crippen molar-refractivity contribution in [1.82, 2.24) is 0 Å². The highest BCUT2D eigenvalue weighted by Crippen LogP contribution is 2.32. The normalized spacial score (nSPS) is 15.1. The van der Waals surface area contributed by atoms with Crippen LogP contribution in [0.1, 0.15) is 15.9 Å². The standard InChI is InChI=1S/C18H13IN2O4S/c1-24-14-8-10(9-15-16(22)21-18(20)26-15)6-7-13(14)25-17(23)11-4-2-3-5-12(11)19/h2-9H,1H3,(H2,20,21,22)/b15-9-. The van der Waals surface area contributed by atoms with Gasteiger partial charge < -0.3 is 15.2 Å². The molecule has 6 nitrogen and oxygen atoms in total. The molecule has 26 heavy (non-hydrogen) atoms. The second-order valence-electron chi connectivity index (χ2n) is 5.15. The Morgan fingerprint density at radius 2 is 2.00 bits per heavy atom. The number of nitrogens with zero attached hydrogens (tertiary/aromatic N) is 1. The summed E-state index contributed by atoms with van der Waals surface area (Å²) in [6.07, 6.45) is 1.66. The molecule has 0 fully saturated rings. The lowest BCUT2D eigenvalue weighted by atomic mass is 10.2. The van der Waals surface area contributed by atoms with E-state index in [2.05, 4.69) is 27.6 Å². The van der Waals surface area contributed by atoms with Gasteiger partial charge >= 0.3 is 5.97 Å². The summed E-state index contributed by atoms with van der Waals surface area (Å²) >= 11 is 3.19. The summed E-state index contributed by atoms with van der Waals surface area (Å²) in [4.78, 5) is 28.1. The van der Waals surface area contributed by atoms with E-state index in [0.29, 0.717) is 27.5 Å². The molecule has 1 aliphatic rings. The van der Waals surface area contributed by atoms with E-state index >= 15 is 0 Å². The quantitative estimate of drug-likeness (QED) is 0.312. The van der Waals surface area contributed by atoms with Crippen molar-refractivity contribution >= 4 is 57.5 Å². The Kier molecular flexibility index (Phi) is 5.62. The number of hydrogen-bond acceptors (Lipinski definition) is 6. The molecule has 2 N–H and O–H groups in total. The van der Waals surface area contributed by atoms with Gasteiger partial charge in [0.15, 0.2) is 16.7 Å². The molecule has 0 saturated heterocycles. The maximum atomic E-state index is 12.4. The van der Waals surface area contributed by atoms with E-state index in [1.165, 1.54) is 7.11 Å². The number of halogens is 1. The van der Waals surface area contributed by atoms with Crippen LogP contribution in [-0.4, -0.2) is 24.2 Å². The first kappa shape index (κ1) is 18.5. The van der Waals surface area contributed by atoms with E-state index in [1.807, 2.05) is 12.1 Å². The predicted octanol–water partition coefficient (Wildman–Crippen LogP) is 3.45. The van der Waals surface area contributed by atoms with Crippen LogP contribution < -0.4 is 15.2 Å².